The van der Waals surface area contributed by atoms with E-state index in [1.807, 2.05) is 18.2 Å². The molecule has 0 fully saturated rings. The Morgan fingerprint density at radius 2 is 1.93 bits per heavy atom. The van der Waals surface area contributed by atoms with E-state index in [1.54, 1.807) is 13.2 Å². The number of rotatable bonds is 6. The number of nitrogens with zero attached hydrogens (tertiary/aromatic N) is 1. The summed E-state index contributed by atoms with van der Waals surface area (Å²) in [6.07, 6.45) is 1.92. The van der Waals surface area contributed by atoms with E-state index in [1.165, 1.54) is 0 Å². The quantitative estimate of drug-likeness (QED) is 0.669. The summed E-state index contributed by atoms with van der Waals surface area (Å²) >= 11 is 0. The van der Waals surface area contributed by atoms with Crippen molar-refractivity contribution in [3.05, 3.63) is 29.8 Å². The standard InChI is InChI=1S/C12H15NO2/c1-14-8-4-5-9-15-12-7-3-2-6-11(12)10-13/h2-3,6-7H,4-5,8-9H2,1H3. The van der Waals surface area contributed by atoms with Crippen molar-refractivity contribution in [1.82, 2.24) is 0 Å². The molecule has 1 aromatic rings. The summed E-state index contributed by atoms with van der Waals surface area (Å²) in [5.74, 6) is 0.664. The van der Waals surface area contributed by atoms with E-state index in [-0.39, 0.29) is 0 Å². The molecule has 0 atom stereocenters. The first-order chi connectivity index (χ1) is 7.38. The summed E-state index contributed by atoms with van der Waals surface area (Å²) in [4.78, 5) is 0. The van der Waals surface area contributed by atoms with Gasteiger partial charge in [0, 0.05) is 13.7 Å². The van der Waals surface area contributed by atoms with E-state index < -0.39 is 0 Å². The number of benzene rings is 1. The fraction of sp³-hybridized carbons (Fsp3) is 0.417. The van der Waals surface area contributed by atoms with Gasteiger partial charge in [-0.25, -0.2) is 0 Å². The average Bonchev–Trinajstić information content (AvgIpc) is 2.29. The molecular formula is C12H15NO2. The lowest BCUT2D eigenvalue weighted by molar-refractivity contribution is 0.184. The Kier molecular flexibility index (Phi) is 5.28. The van der Waals surface area contributed by atoms with Crippen LogP contribution in [0.1, 0.15) is 18.4 Å². The Morgan fingerprint density at radius 1 is 1.20 bits per heavy atom. The Balaban J connectivity index is 2.34. The van der Waals surface area contributed by atoms with Gasteiger partial charge < -0.3 is 9.47 Å². The Labute approximate surface area is 90.2 Å². The van der Waals surface area contributed by atoms with Crippen LogP contribution < -0.4 is 4.74 Å². The van der Waals surface area contributed by atoms with Gasteiger partial charge in [-0.1, -0.05) is 12.1 Å². The van der Waals surface area contributed by atoms with Gasteiger partial charge >= 0.3 is 0 Å². The lowest BCUT2D eigenvalue weighted by Crippen LogP contribution is -2.00. The summed E-state index contributed by atoms with van der Waals surface area (Å²) in [6, 6.07) is 9.36. The highest BCUT2D eigenvalue weighted by Crippen LogP contribution is 2.16. The van der Waals surface area contributed by atoms with E-state index in [2.05, 4.69) is 6.07 Å². The van der Waals surface area contributed by atoms with Crippen LogP contribution in [-0.4, -0.2) is 20.3 Å². The molecule has 0 unspecified atom stereocenters. The van der Waals surface area contributed by atoms with Gasteiger partial charge in [0.05, 0.1) is 12.2 Å². The molecule has 0 amide bonds. The second kappa shape index (κ2) is 6.86. The van der Waals surface area contributed by atoms with Gasteiger partial charge in [0.15, 0.2) is 0 Å². The molecule has 0 aliphatic rings. The van der Waals surface area contributed by atoms with Gasteiger partial charge in [0.1, 0.15) is 11.8 Å². The van der Waals surface area contributed by atoms with Gasteiger partial charge in [-0.05, 0) is 25.0 Å². The van der Waals surface area contributed by atoms with E-state index in [0.717, 1.165) is 19.4 Å². The molecule has 3 heteroatoms. The molecule has 0 N–H and O–H groups in total. The molecule has 0 saturated heterocycles. The Morgan fingerprint density at radius 3 is 2.67 bits per heavy atom. The van der Waals surface area contributed by atoms with Crippen molar-refractivity contribution in [3.8, 4) is 11.8 Å². The third-order valence-electron chi connectivity index (χ3n) is 2.01. The van der Waals surface area contributed by atoms with Crippen LogP contribution in [0.15, 0.2) is 24.3 Å². The second-order valence-electron chi connectivity index (χ2n) is 3.16. The molecule has 1 aromatic carbocycles. The number of hydrogen-bond acceptors (Lipinski definition) is 3. The van der Waals surface area contributed by atoms with Crippen molar-refractivity contribution < 1.29 is 9.47 Å². The summed E-state index contributed by atoms with van der Waals surface area (Å²) in [7, 11) is 1.69. The molecule has 0 aromatic heterocycles. The molecule has 1 rings (SSSR count). The zero-order chi connectivity index (χ0) is 10.9. The van der Waals surface area contributed by atoms with Gasteiger partial charge in [0.2, 0.25) is 0 Å². The highest BCUT2D eigenvalue weighted by Gasteiger charge is 2.00. The highest BCUT2D eigenvalue weighted by atomic mass is 16.5. The molecule has 0 aliphatic carbocycles. The number of ether oxygens (including phenoxy) is 2. The van der Waals surface area contributed by atoms with E-state index >= 15 is 0 Å². The smallest absolute Gasteiger partial charge is 0.137 e. The first-order valence-electron chi connectivity index (χ1n) is 4.99. The number of hydrogen-bond donors (Lipinski definition) is 0. The fourth-order valence-corrected chi connectivity index (χ4v) is 1.22. The summed E-state index contributed by atoms with van der Waals surface area (Å²) < 4.78 is 10.4. The van der Waals surface area contributed by atoms with Crippen LogP contribution >= 0.6 is 0 Å². The number of unbranched alkanes of at least 4 members (excludes halogenated alkanes) is 1. The van der Waals surface area contributed by atoms with Gasteiger partial charge in [0.25, 0.3) is 0 Å². The van der Waals surface area contributed by atoms with Gasteiger partial charge in [-0.2, -0.15) is 5.26 Å². The van der Waals surface area contributed by atoms with Crippen molar-refractivity contribution in [2.24, 2.45) is 0 Å². The maximum absolute atomic E-state index is 8.81. The molecule has 80 valence electrons. The second-order valence-corrected chi connectivity index (χ2v) is 3.16. The van der Waals surface area contributed by atoms with Crippen molar-refractivity contribution in [1.29, 1.82) is 5.26 Å². The number of methoxy groups -OCH3 is 1. The zero-order valence-corrected chi connectivity index (χ0v) is 8.90. The number of para-hydroxylation sites is 1. The molecule has 0 aliphatic heterocycles. The van der Waals surface area contributed by atoms with Gasteiger partial charge in [-0.3, -0.25) is 0 Å². The Hall–Kier alpha value is -1.53. The third kappa shape index (κ3) is 4.01. The Bertz CT molecular complexity index is 331. The molecule has 0 saturated carbocycles. The summed E-state index contributed by atoms with van der Waals surface area (Å²) in [5, 5.41) is 8.81. The normalized spacial score (nSPS) is 9.60. The minimum absolute atomic E-state index is 0.587. The molecule has 3 nitrogen and oxygen atoms in total. The molecule has 0 radical (unpaired) electrons. The van der Waals surface area contributed by atoms with Crippen molar-refractivity contribution in [3.63, 3.8) is 0 Å². The maximum atomic E-state index is 8.81. The predicted molar refractivity (Wildman–Crippen MR) is 57.8 cm³/mol. The van der Waals surface area contributed by atoms with Crippen LogP contribution in [0, 0.1) is 11.3 Å². The minimum Gasteiger partial charge on any atom is -0.492 e. The summed E-state index contributed by atoms with van der Waals surface area (Å²) in [5.41, 5.74) is 0.587. The first-order valence-corrected chi connectivity index (χ1v) is 4.99. The van der Waals surface area contributed by atoms with Crippen LogP contribution in [-0.2, 0) is 4.74 Å². The monoisotopic (exact) mass is 205 g/mol. The lowest BCUT2D eigenvalue weighted by Gasteiger charge is -2.06. The van der Waals surface area contributed by atoms with Crippen molar-refractivity contribution in [2.45, 2.75) is 12.8 Å². The van der Waals surface area contributed by atoms with Gasteiger partial charge in [-0.15, -0.1) is 0 Å². The van der Waals surface area contributed by atoms with Crippen LogP contribution in [0.3, 0.4) is 0 Å². The largest absolute Gasteiger partial charge is 0.492 e. The zero-order valence-electron chi connectivity index (χ0n) is 8.90. The maximum Gasteiger partial charge on any atom is 0.137 e. The predicted octanol–water partition coefficient (Wildman–Crippen LogP) is 2.36. The van der Waals surface area contributed by atoms with E-state index in [4.69, 9.17) is 14.7 Å². The molecule has 0 spiro atoms. The van der Waals surface area contributed by atoms with E-state index in [0.29, 0.717) is 17.9 Å². The minimum atomic E-state index is 0.587. The molecule has 0 bridgehead atoms. The first kappa shape index (κ1) is 11.5. The van der Waals surface area contributed by atoms with Crippen molar-refractivity contribution >= 4 is 0 Å². The third-order valence-corrected chi connectivity index (χ3v) is 2.01. The summed E-state index contributed by atoms with van der Waals surface area (Å²) in [6.45, 7) is 1.38. The van der Waals surface area contributed by atoms with Crippen LogP contribution in [0.4, 0.5) is 0 Å². The highest BCUT2D eigenvalue weighted by molar-refractivity contribution is 5.42. The molecule has 15 heavy (non-hydrogen) atoms. The number of nitriles is 1. The van der Waals surface area contributed by atoms with Crippen LogP contribution in [0.2, 0.25) is 0 Å². The van der Waals surface area contributed by atoms with Crippen molar-refractivity contribution in [2.75, 3.05) is 20.3 Å². The van der Waals surface area contributed by atoms with E-state index in [9.17, 15) is 0 Å². The molecule has 0 heterocycles. The SMILES string of the molecule is COCCCCOc1ccccc1C#N. The lowest BCUT2D eigenvalue weighted by atomic mass is 10.2. The topological polar surface area (TPSA) is 42.2 Å². The fourth-order valence-electron chi connectivity index (χ4n) is 1.22. The van der Waals surface area contributed by atoms with Crippen LogP contribution in [0.25, 0.3) is 0 Å². The molecular weight excluding hydrogens is 190 g/mol. The average molecular weight is 205 g/mol. The van der Waals surface area contributed by atoms with Crippen LogP contribution in [0.5, 0.6) is 5.75 Å².